The van der Waals surface area contributed by atoms with Gasteiger partial charge in [0, 0.05) is 65.5 Å². The number of nitrogens with zero attached hydrogens (tertiary/aromatic N) is 5. The first-order valence-corrected chi connectivity index (χ1v) is 15.5. The van der Waals surface area contributed by atoms with Gasteiger partial charge in [0.05, 0.1) is 0 Å². The minimum absolute atomic E-state index is 0.0702. The first kappa shape index (κ1) is 27.5. The van der Waals surface area contributed by atoms with E-state index in [1.165, 1.54) is 12.8 Å². The Kier molecular flexibility index (Phi) is 7.68. The highest BCUT2D eigenvalue weighted by atomic mass is 35.5. The first-order valence-electron chi connectivity index (χ1n) is 15.1. The number of rotatable bonds is 6. The molecule has 2 atom stereocenters. The molecule has 1 aromatic carbocycles. The number of nitrogens with one attached hydrogen (secondary N) is 2. The van der Waals surface area contributed by atoms with E-state index in [-0.39, 0.29) is 17.6 Å². The lowest BCUT2D eigenvalue weighted by Gasteiger charge is -2.28. The molecular weight excluding hydrogens is 554 g/mol. The number of piperidine rings is 1. The molecule has 4 aromatic rings. The molecule has 2 saturated heterocycles. The monoisotopic (exact) mass is 589 g/mol. The van der Waals surface area contributed by atoms with Gasteiger partial charge in [0.15, 0.2) is 0 Å². The zero-order chi connectivity index (χ0) is 28.6. The molecule has 2 aliphatic heterocycles. The summed E-state index contributed by atoms with van der Waals surface area (Å²) in [5, 5.41) is 12.3. The van der Waals surface area contributed by atoms with Crippen LogP contribution in [-0.4, -0.2) is 57.0 Å². The number of fused-ring (bicyclic) bond motifs is 1. The summed E-state index contributed by atoms with van der Waals surface area (Å²) in [7, 11) is 0. The van der Waals surface area contributed by atoms with Crippen LogP contribution in [0, 0.1) is 18.8 Å². The van der Waals surface area contributed by atoms with E-state index in [2.05, 4.69) is 25.8 Å². The van der Waals surface area contributed by atoms with E-state index in [0.717, 1.165) is 69.4 Å². The Bertz CT molecular complexity index is 1640. The van der Waals surface area contributed by atoms with Gasteiger partial charge in [-0.3, -0.25) is 9.36 Å². The maximum atomic E-state index is 14.4. The number of pyridine rings is 1. The Morgan fingerprint density at radius 1 is 1.00 bits per heavy atom. The van der Waals surface area contributed by atoms with Gasteiger partial charge < -0.3 is 19.9 Å². The lowest BCUT2D eigenvalue weighted by Crippen LogP contribution is -2.31. The predicted octanol–water partition coefficient (Wildman–Crippen LogP) is 5.40. The van der Waals surface area contributed by atoms with E-state index < -0.39 is 0 Å². The summed E-state index contributed by atoms with van der Waals surface area (Å²) in [6.07, 6.45) is 9.13. The number of hydrogen-bond acceptors (Lipinski definition) is 9. The van der Waals surface area contributed by atoms with Crippen LogP contribution in [0.4, 0.5) is 5.95 Å². The van der Waals surface area contributed by atoms with E-state index in [0.29, 0.717) is 51.3 Å². The Morgan fingerprint density at radius 3 is 2.60 bits per heavy atom. The third-order valence-electron chi connectivity index (χ3n) is 9.23. The van der Waals surface area contributed by atoms with Crippen molar-refractivity contribution < 1.29 is 9.26 Å². The lowest BCUT2D eigenvalue weighted by atomic mass is 9.84. The molecule has 10 nitrogen and oxygen atoms in total. The van der Waals surface area contributed by atoms with Gasteiger partial charge in [0.2, 0.25) is 17.7 Å². The second-order valence-corrected chi connectivity index (χ2v) is 12.3. The molecular formula is C31H36ClN7O3. The molecule has 2 unspecified atom stereocenters. The fourth-order valence-electron chi connectivity index (χ4n) is 7.00. The number of ether oxygens (including phenoxy) is 1. The van der Waals surface area contributed by atoms with Crippen molar-refractivity contribution in [1.29, 1.82) is 0 Å². The average Bonchev–Trinajstić information content (AvgIpc) is 3.68. The predicted molar refractivity (Wildman–Crippen MR) is 162 cm³/mol. The number of aryl methyl sites for hydroxylation is 1. The van der Waals surface area contributed by atoms with Crippen LogP contribution < -0.4 is 16.2 Å². The van der Waals surface area contributed by atoms with Gasteiger partial charge in [-0.15, -0.1) is 0 Å². The van der Waals surface area contributed by atoms with Gasteiger partial charge in [0.25, 0.3) is 5.56 Å². The lowest BCUT2D eigenvalue weighted by molar-refractivity contribution is 0.0903. The zero-order valence-electron chi connectivity index (χ0n) is 23.8. The maximum Gasteiger partial charge on any atom is 0.260 e. The Morgan fingerprint density at radius 2 is 1.83 bits per heavy atom. The van der Waals surface area contributed by atoms with Crippen LogP contribution >= 0.6 is 11.6 Å². The molecule has 1 saturated carbocycles. The Labute approximate surface area is 249 Å². The van der Waals surface area contributed by atoms with E-state index in [1.807, 2.05) is 29.0 Å². The van der Waals surface area contributed by atoms with Gasteiger partial charge in [-0.2, -0.15) is 9.97 Å². The molecule has 3 aliphatic rings. The third kappa shape index (κ3) is 5.43. The van der Waals surface area contributed by atoms with Crippen LogP contribution in [0.3, 0.4) is 0 Å². The topological polar surface area (TPSA) is 120 Å². The van der Waals surface area contributed by atoms with E-state index in [4.69, 9.17) is 25.8 Å². The highest BCUT2D eigenvalue weighted by Gasteiger charge is 2.34. The molecule has 0 radical (unpaired) electrons. The van der Waals surface area contributed by atoms with Gasteiger partial charge in [-0.05, 0) is 82.0 Å². The minimum Gasteiger partial charge on any atom is -0.381 e. The zero-order valence-corrected chi connectivity index (χ0v) is 24.6. The minimum atomic E-state index is -0.0702. The Hall–Kier alpha value is -3.34. The second-order valence-electron chi connectivity index (χ2n) is 11.9. The van der Waals surface area contributed by atoms with Gasteiger partial charge >= 0.3 is 0 Å². The van der Waals surface area contributed by atoms with Gasteiger partial charge in [-0.25, -0.2) is 4.98 Å². The van der Waals surface area contributed by atoms with Crippen molar-refractivity contribution in [2.75, 3.05) is 31.6 Å². The highest BCUT2D eigenvalue weighted by molar-refractivity contribution is 6.33. The highest BCUT2D eigenvalue weighted by Crippen LogP contribution is 2.42. The van der Waals surface area contributed by atoms with Crippen molar-refractivity contribution in [2.45, 2.75) is 64.0 Å². The molecule has 3 fully saturated rings. The van der Waals surface area contributed by atoms with Crippen molar-refractivity contribution in [3.63, 3.8) is 0 Å². The molecule has 7 rings (SSSR count). The summed E-state index contributed by atoms with van der Waals surface area (Å²) < 4.78 is 12.6. The normalized spacial score (nSPS) is 22.1. The summed E-state index contributed by atoms with van der Waals surface area (Å²) in [4.78, 5) is 28.3. The number of benzene rings is 1. The molecule has 0 spiro atoms. The van der Waals surface area contributed by atoms with E-state index in [9.17, 15) is 4.79 Å². The molecule has 11 heteroatoms. The van der Waals surface area contributed by atoms with Crippen molar-refractivity contribution >= 4 is 28.6 Å². The smallest absolute Gasteiger partial charge is 0.260 e. The molecule has 2 N–H and O–H groups in total. The Balaban J connectivity index is 1.29. The van der Waals surface area contributed by atoms with Crippen LogP contribution in [0.1, 0.15) is 56.9 Å². The van der Waals surface area contributed by atoms with E-state index >= 15 is 0 Å². The number of hydrogen-bond donors (Lipinski definition) is 2. The van der Waals surface area contributed by atoms with Crippen LogP contribution in [-0.2, 0) is 4.74 Å². The van der Waals surface area contributed by atoms with Crippen molar-refractivity contribution in [3.05, 3.63) is 51.7 Å². The SMILES string of the molecule is Cc1nc(-c2ccc(-c3cc4cnc(NC5CCOCC5)nc4n(C4CCC(C5CCNCC5)C4)c3=O)c(Cl)c2)no1. The van der Waals surface area contributed by atoms with Crippen LogP contribution in [0.25, 0.3) is 33.5 Å². The fourth-order valence-corrected chi connectivity index (χ4v) is 7.29. The van der Waals surface area contributed by atoms with Crippen LogP contribution in [0.15, 0.2) is 39.8 Å². The largest absolute Gasteiger partial charge is 0.381 e. The standard InChI is InChI=1S/C31H36ClN7O3/c1-18-35-28(38-42-18)21-3-5-25(27(32)16-21)26-15-22-17-34-31(36-23-8-12-41-13-9-23)37-29(22)39(30(26)40)24-4-2-20(14-24)19-6-10-33-11-7-19/h3,5,15-17,19-20,23-24,33H,2,4,6-14H2,1H3,(H,34,36,37). The second kappa shape index (κ2) is 11.7. The summed E-state index contributed by atoms with van der Waals surface area (Å²) >= 11 is 6.82. The first-order chi connectivity index (χ1) is 20.5. The number of anilines is 1. The van der Waals surface area contributed by atoms with Gasteiger partial charge in [-0.1, -0.05) is 28.9 Å². The van der Waals surface area contributed by atoms with Crippen molar-refractivity contribution in [2.24, 2.45) is 11.8 Å². The molecule has 42 heavy (non-hydrogen) atoms. The number of halogens is 1. The van der Waals surface area contributed by atoms with Crippen LogP contribution in [0.2, 0.25) is 5.02 Å². The third-order valence-corrected chi connectivity index (χ3v) is 9.55. The summed E-state index contributed by atoms with van der Waals surface area (Å²) in [5.41, 5.74) is 2.55. The summed E-state index contributed by atoms with van der Waals surface area (Å²) in [6, 6.07) is 7.74. The molecule has 1 aliphatic carbocycles. The van der Waals surface area contributed by atoms with Crippen molar-refractivity contribution in [1.82, 2.24) is 30.0 Å². The summed E-state index contributed by atoms with van der Waals surface area (Å²) in [5.74, 6) is 2.82. The molecule has 3 aromatic heterocycles. The van der Waals surface area contributed by atoms with Crippen LogP contribution in [0.5, 0.6) is 0 Å². The fraction of sp³-hybridized carbons (Fsp3) is 0.516. The quantitative estimate of drug-likeness (QED) is 0.304. The number of aromatic nitrogens is 5. The molecule has 0 bridgehead atoms. The molecule has 220 valence electrons. The van der Waals surface area contributed by atoms with Crippen molar-refractivity contribution in [3.8, 4) is 22.5 Å². The molecule has 0 amide bonds. The van der Waals surface area contributed by atoms with Gasteiger partial charge in [0.1, 0.15) is 5.65 Å². The maximum absolute atomic E-state index is 14.4. The summed E-state index contributed by atoms with van der Waals surface area (Å²) in [6.45, 7) is 5.36. The molecule has 5 heterocycles. The van der Waals surface area contributed by atoms with E-state index in [1.54, 1.807) is 13.0 Å². The average molecular weight is 590 g/mol.